The first-order chi connectivity index (χ1) is 12.6. The molecule has 0 unspecified atom stereocenters. The van der Waals surface area contributed by atoms with E-state index in [1.54, 1.807) is 25.2 Å². The van der Waals surface area contributed by atoms with Crippen LogP contribution < -0.4 is 5.32 Å². The first-order valence-electron chi connectivity index (χ1n) is 7.75. The van der Waals surface area contributed by atoms with Gasteiger partial charge in [0.25, 0.3) is 5.91 Å². The van der Waals surface area contributed by atoms with E-state index in [-0.39, 0.29) is 27.6 Å². The quantitative estimate of drug-likeness (QED) is 0.579. The summed E-state index contributed by atoms with van der Waals surface area (Å²) in [6.45, 7) is 0. The molecule has 0 saturated heterocycles. The van der Waals surface area contributed by atoms with Gasteiger partial charge in [0.1, 0.15) is 0 Å². The van der Waals surface area contributed by atoms with Gasteiger partial charge >= 0.3 is 6.18 Å². The lowest BCUT2D eigenvalue weighted by Crippen LogP contribution is -2.14. The number of hydrogen-bond acceptors (Lipinski definition) is 3. The number of ketones is 1. The third kappa shape index (κ3) is 5.59. The summed E-state index contributed by atoms with van der Waals surface area (Å²) in [6.07, 6.45) is -1.68. The van der Waals surface area contributed by atoms with Gasteiger partial charge in [-0.1, -0.05) is 17.7 Å². The molecule has 0 atom stereocenters. The van der Waals surface area contributed by atoms with Crippen LogP contribution in [0.25, 0.3) is 0 Å². The average molecular weight is 397 g/mol. The van der Waals surface area contributed by atoms with Crippen molar-refractivity contribution in [3.63, 3.8) is 0 Å². The van der Waals surface area contributed by atoms with Crippen molar-refractivity contribution in [2.24, 2.45) is 0 Å². The highest BCUT2D eigenvalue weighted by molar-refractivity contribution is 6.34. The largest absolute Gasteiger partial charge is 0.416 e. The van der Waals surface area contributed by atoms with E-state index in [0.717, 1.165) is 18.2 Å². The van der Waals surface area contributed by atoms with Gasteiger partial charge in [-0.15, -0.1) is 0 Å². The number of alkyl halides is 3. The monoisotopic (exact) mass is 396 g/mol. The summed E-state index contributed by atoms with van der Waals surface area (Å²) in [5, 5.41) is 2.67. The molecule has 0 aromatic heterocycles. The number of anilines is 1. The second-order valence-electron chi connectivity index (χ2n) is 5.87. The summed E-state index contributed by atoms with van der Waals surface area (Å²) in [6, 6.07) is 8.33. The van der Waals surface area contributed by atoms with E-state index in [2.05, 4.69) is 5.32 Å². The number of carbonyl (C=O) groups excluding carboxylic acids is 2. The number of amides is 1. The topological polar surface area (TPSA) is 49.4 Å². The molecule has 2 rings (SSSR count). The first-order valence-corrected chi connectivity index (χ1v) is 8.13. The maximum atomic E-state index is 12.8. The molecule has 0 spiro atoms. The molecule has 2 aromatic rings. The van der Waals surface area contributed by atoms with Crippen molar-refractivity contribution in [2.45, 2.75) is 6.18 Å². The van der Waals surface area contributed by atoms with Crippen molar-refractivity contribution in [1.82, 2.24) is 4.90 Å². The molecule has 0 saturated carbocycles. The molecule has 0 radical (unpaired) electrons. The van der Waals surface area contributed by atoms with Crippen LogP contribution in [0.2, 0.25) is 5.02 Å². The van der Waals surface area contributed by atoms with Crippen LogP contribution in [0, 0.1) is 0 Å². The Balaban J connectivity index is 2.24. The van der Waals surface area contributed by atoms with E-state index in [1.807, 2.05) is 0 Å². The fourth-order valence-corrected chi connectivity index (χ4v) is 2.35. The van der Waals surface area contributed by atoms with Gasteiger partial charge in [0.05, 0.1) is 10.6 Å². The Morgan fingerprint density at radius 3 is 2.44 bits per heavy atom. The smallest absolute Gasteiger partial charge is 0.383 e. The molecule has 4 nitrogen and oxygen atoms in total. The average Bonchev–Trinajstić information content (AvgIpc) is 2.60. The van der Waals surface area contributed by atoms with Crippen LogP contribution in [0.1, 0.15) is 26.3 Å². The second kappa shape index (κ2) is 8.26. The molecule has 2 aromatic carbocycles. The third-order valence-electron chi connectivity index (χ3n) is 3.47. The van der Waals surface area contributed by atoms with E-state index >= 15 is 0 Å². The normalized spacial score (nSPS) is 11.5. The summed E-state index contributed by atoms with van der Waals surface area (Å²) in [5.74, 6) is -1.10. The Morgan fingerprint density at radius 2 is 1.81 bits per heavy atom. The van der Waals surface area contributed by atoms with E-state index in [9.17, 15) is 22.8 Å². The van der Waals surface area contributed by atoms with Gasteiger partial charge in [0, 0.05) is 43.2 Å². The fraction of sp³-hybridized carbons (Fsp3) is 0.158. The highest BCUT2D eigenvalue weighted by atomic mass is 35.5. The first kappa shape index (κ1) is 20.5. The molecule has 0 aliphatic carbocycles. The molecule has 0 bridgehead atoms. The van der Waals surface area contributed by atoms with Crippen LogP contribution in [0.15, 0.2) is 54.7 Å². The zero-order valence-corrected chi connectivity index (χ0v) is 15.2. The van der Waals surface area contributed by atoms with Gasteiger partial charge in [0.2, 0.25) is 0 Å². The summed E-state index contributed by atoms with van der Waals surface area (Å²) in [5.41, 5.74) is -0.670. The van der Waals surface area contributed by atoms with Crippen molar-refractivity contribution in [3.05, 3.63) is 76.5 Å². The van der Waals surface area contributed by atoms with E-state index < -0.39 is 17.6 Å². The fourth-order valence-electron chi connectivity index (χ4n) is 2.14. The summed E-state index contributed by atoms with van der Waals surface area (Å²) < 4.78 is 38.3. The number of nitrogens with one attached hydrogen (secondary N) is 1. The van der Waals surface area contributed by atoms with Crippen LogP contribution in [0.5, 0.6) is 0 Å². The Hall–Kier alpha value is -2.80. The SMILES string of the molecule is CN(C)/C=C/C(=O)c1cc(NC(=O)c2cccc(C(F)(F)F)c2)ccc1Cl. The van der Waals surface area contributed by atoms with Crippen molar-refractivity contribution >= 4 is 29.0 Å². The number of nitrogens with zero attached hydrogens (tertiary/aromatic N) is 1. The van der Waals surface area contributed by atoms with Crippen molar-refractivity contribution < 1.29 is 22.8 Å². The van der Waals surface area contributed by atoms with Gasteiger partial charge < -0.3 is 10.2 Å². The lowest BCUT2D eigenvalue weighted by molar-refractivity contribution is -0.137. The van der Waals surface area contributed by atoms with Crippen molar-refractivity contribution in [3.8, 4) is 0 Å². The van der Waals surface area contributed by atoms with Gasteiger partial charge in [-0.2, -0.15) is 13.2 Å². The lowest BCUT2D eigenvalue weighted by atomic mass is 10.1. The Labute approximate surface area is 159 Å². The van der Waals surface area contributed by atoms with E-state index in [1.165, 1.54) is 30.3 Å². The third-order valence-corrected chi connectivity index (χ3v) is 3.80. The summed E-state index contributed by atoms with van der Waals surface area (Å²) >= 11 is 6.02. The minimum Gasteiger partial charge on any atom is -0.383 e. The van der Waals surface area contributed by atoms with Gasteiger partial charge in [0.15, 0.2) is 5.78 Å². The van der Waals surface area contributed by atoms with Crippen LogP contribution in [0.3, 0.4) is 0 Å². The van der Waals surface area contributed by atoms with E-state index in [4.69, 9.17) is 11.6 Å². The molecule has 1 N–H and O–H groups in total. The molecule has 1 amide bonds. The number of allylic oxidation sites excluding steroid dienone is 1. The molecular formula is C19H16ClF3N2O2. The maximum absolute atomic E-state index is 12.8. The zero-order valence-electron chi connectivity index (χ0n) is 14.5. The van der Waals surface area contributed by atoms with Crippen molar-refractivity contribution in [1.29, 1.82) is 0 Å². The second-order valence-corrected chi connectivity index (χ2v) is 6.28. The molecule has 0 fully saturated rings. The molecule has 27 heavy (non-hydrogen) atoms. The standard InChI is InChI=1S/C19H16ClF3N2O2/c1-25(2)9-8-17(26)15-11-14(6-7-16(15)20)24-18(27)12-4-3-5-13(10-12)19(21,22)23/h3-11H,1-2H3,(H,24,27)/b9-8+. The Kier molecular flexibility index (Phi) is 6.28. The number of hydrogen-bond donors (Lipinski definition) is 1. The molecule has 0 aliphatic rings. The number of benzene rings is 2. The van der Waals surface area contributed by atoms with Gasteiger partial charge in [-0.05, 0) is 36.4 Å². The summed E-state index contributed by atoms with van der Waals surface area (Å²) in [4.78, 5) is 26.1. The maximum Gasteiger partial charge on any atom is 0.416 e. The zero-order chi connectivity index (χ0) is 20.2. The lowest BCUT2D eigenvalue weighted by Gasteiger charge is -2.10. The predicted octanol–water partition coefficient (Wildman–Crippen LogP) is 4.87. The van der Waals surface area contributed by atoms with Gasteiger partial charge in [-0.25, -0.2) is 0 Å². The molecule has 0 heterocycles. The molecule has 8 heteroatoms. The van der Waals surface area contributed by atoms with Crippen LogP contribution >= 0.6 is 11.6 Å². The van der Waals surface area contributed by atoms with Crippen LogP contribution in [-0.4, -0.2) is 30.7 Å². The van der Waals surface area contributed by atoms with Crippen LogP contribution in [0.4, 0.5) is 18.9 Å². The van der Waals surface area contributed by atoms with E-state index in [0.29, 0.717) is 0 Å². The minimum absolute atomic E-state index is 0.153. The molecular weight excluding hydrogens is 381 g/mol. The number of carbonyl (C=O) groups is 2. The Bertz CT molecular complexity index is 893. The summed E-state index contributed by atoms with van der Waals surface area (Å²) in [7, 11) is 3.49. The van der Waals surface area contributed by atoms with Gasteiger partial charge in [-0.3, -0.25) is 9.59 Å². The number of rotatable bonds is 5. The minimum atomic E-state index is -4.55. The highest BCUT2D eigenvalue weighted by Crippen LogP contribution is 2.30. The van der Waals surface area contributed by atoms with Crippen molar-refractivity contribution in [2.75, 3.05) is 19.4 Å². The predicted molar refractivity (Wildman–Crippen MR) is 98.0 cm³/mol. The molecule has 142 valence electrons. The molecule has 0 aliphatic heterocycles. The van der Waals surface area contributed by atoms with Crippen LogP contribution in [-0.2, 0) is 6.18 Å². The number of halogens is 4. The Morgan fingerprint density at radius 1 is 1.11 bits per heavy atom. The highest BCUT2D eigenvalue weighted by Gasteiger charge is 2.30.